The zero-order chi connectivity index (χ0) is 16.1. The Bertz CT molecular complexity index is 691. The Morgan fingerprint density at radius 2 is 1.95 bits per heavy atom. The third kappa shape index (κ3) is 3.95. The van der Waals surface area contributed by atoms with Gasteiger partial charge in [-0.3, -0.25) is 14.9 Å². The Morgan fingerprint density at radius 1 is 1.27 bits per heavy atom. The second-order valence-electron chi connectivity index (χ2n) is 4.48. The number of amides is 1. The smallest absolute Gasteiger partial charge is 0.271 e. The normalized spacial score (nSPS) is 11.5. The molecule has 6 nitrogen and oxygen atoms in total. The average Bonchev–Trinajstić information content (AvgIpc) is 2.50. The fraction of sp³-hybridized carbons (Fsp3) is 0.133. The lowest BCUT2D eigenvalue weighted by Gasteiger charge is -2.15. The SMILES string of the molecule is C[C@@H](Oc1ccccc1)C(=O)Nc1ccc([N+](=O)[O-])cc1Cl. The predicted octanol–water partition coefficient (Wildman–Crippen LogP) is 3.65. The summed E-state index contributed by atoms with van der Waals surface area (Å²) in [5, 5.41) is 13.3. The van der Waals surface area contributed by atoms with E-state index < -0.39 is 16.9 Å². The molecule has 0 heterocycles. The minimum absolute atomic E-state index is 0.0921. The number of nitrogens with one attached hydrogen (secondary N) is 1. The number of non-ortho nitro benzene ring substituents is 1. The first-order valence-electron chi connectivity index (χ1n) is 6.44. The van der Waals surface area contributed by atoms with E-state index in [1.807, 2.05) is 6.07 Å². The molecule has 114 valence electrons. The number of nitro groups is 1. The summed E-state index contributed by atoms with van der Waals surface area (Å²) < 4.78 is 5.49. The Hall–Kier alpha value is -2.60. The van der Waals surface area contributed by atoms with Crippen molar-refractivity contribution in [2.24, 2.45) is 0 Å². The van der Waals surface area contributed by atoms with Crippen LogP contribution in [0.2, 0.25) is 5.02 Å². The molecule has 0 aromatic heterocycles. The number of nitro benzene ring substituents is 1. The van der Waals surface area contributed by atoms with E-state index in [1.165, 1.54) is 18.2 Å². The molecule has 0 aliphatic heterocycles. The second kappa shape index (κ2) is 6.91. The summed E-state index contributed by atoms with van der Waals surface area (Å²) in [4.78, 5) is 22.1. The molecule has 0 aliphatic carbocycles. The van der Waals surface area contributed by atoms with Gasteiger partial charge in [-0.15, -0.1) is 0 Å². The van der Waals surface area contributed by atoms with Crippen LogP contribution in [0.4, 0.5) is 11.4 Å². The predicted molar refractivity (Wildman–Crippen MR) is 83.3 cm³/mol. The zero-order valence-corrected chi connectivity index (χ0v) is 12.4. The molecular formula is C15H13ClN2O4. The van der Waals surface area contributed by atoms with Crippen LogP contribution in [0, 0.1) is 10.1 Å². The highest BCUT2D eigenvalue weighted by atomic mass is 35.5. The number of carbonyl (C=O) groups excluding carboxylic acids is 1. The largest absolute Gasteiger partial charge is 0.481 e. The minimum atomic E-state index is -0.742. The summed E-state index contributed by atoms with van der Waals surface area (Å²) in [6.07, 6.45) is -0.742. The van der Waals surface area contributed by atoms with Gasteiger partial charge in [-0.1, -0.05) is 29.8 Å². The van der Waals surface area contributed by atoms with Crippen molar-refractivity contribution >= 4 is 28.9 Å². The maximum Gasteiger partial charge on any atom is 0.271 e. The van der Waals surface area contributed by atoms with Gasteiger partial charge in [0.15, 0.2) is 6.10 Å². The van der Waals surface area contributed by atoms with Crippen LogP contribution in [0.3, 0.4) is 0 Å². The Labute approximate surface area is 131 Å². The highest BCUT2D eigenvalue weighted by Gasteiger charge is 2.17. The zero-order valence-electron chi connectivity index (χ0n) is 11.7. The number of hydrogen-bond acceptors (Lipinski definition) is 4. The molecule has 0 spiro atoms. The number of para-hydroxylation sites is 1. The molecule has 0 fully saturated rings. The third-order valence-corrected chi connectivity index (χ3v) is 3.16. The van der Waals surface area contributed by atoms with Gasteiger partial charge in [-0.05, 0) is 25.1 Å². The number of anilines is 1. The first-order valence-corrected chi connectivity index (χ1v) is 6.81. The molecule has 0 radical (unpaired) electrons. The van der Waals surface area contributed by atoms with Crippen LogP contribution in [-0.2, 0) is 4.79 Å². The molecule has 0 aliphatic rings. The number of carbonyl (C=O) groups is 1. The number of ether oxygens (including phenoxy) is 1. The van der Waals surface area contributed by atoms with Crippen molar-refractivity contribution in [1.82, 2.24) is 0 Å². The van der Waals surface area contributed by atoms with Crippen molar-refractivity contribution in [3.63, 3.8) is 0 Å². The second-order valence-corrected chi connectivity index (χ2v) is 4.89. The van der Waals surface area contributed by atoms with Gasteiger partial charge >= 0.3 is 0 Å². The monoisotopic (exact) mass is 320 g/mol. The van der Waals surface area contributed by atoms with E-state index in [4.69, 9.17) is 16.3 Å². The van der Waals surface area contributed by atoms with Crippen molar-refractivity contribution in [3.8, 4) is 5.75 Å². The van der Waals surface area contributed by atoms with E-state index in [-0.39, 0.29) is 10.7 Å². The summed E-state index contributed by atoms with van der Waals surface area (Å²) in [6, 6.07) is 12.7. The van der Waals surface area contributed by atoms with Gasteiger partial charge in [0, 0.05) is 12.1 Å². The molecule has 1 N–H and O–H groups in total. The number of nitrogens with zero attached hydrogens (tertiary/aromatic N) is 1. The molecule has 1 amide bonds. The molecule has 2 rings (SSSR count). The molecule has 2 aromatic carbocycles. The lowest BCUT2D eigenvalue weighted by molar-refractivity contribution is -0.384. The fourth-order valence-electron chi connectivity index (χ4n) is 1.71. The van der Waals surface area contributed by atoms with Gasteiger partial charge in [0.25, 0.3) is 11.6 Å². The molecule has 0 saturated heterocycles. The Morgan fingerprint density at radius 3 is 2.55 bits per heavy atom. The number of benzene rings is 2. The fourth-order valence-corrected chi connectivity index (χ4v) is 1.93. The van der Waals surface area contributed by atoms with Crippen molar-refractivity contribution in [2.75, 3.05) is 5.32 Å². The minimum Gasteiger partial charge on any atom is -0.481 e. The van der Waals surface area contributed by atoms with Crippen LogP contribution in [0.5, 0.6) is 5.75 Å². The highest BCUT2D eigenvalue weighted by molar-refractivity contribution is 6.34. The van der Waals surface area contributed by atoms with E-state index >= 15 is 0 Å². The van der Waals surface area contributed by atoms with Gasteiger partial charge in [-0.25, -0.2) is 0 Å². The van der Waals surface area contributed by atoms with Crippen LogP contribution >= 0.6 is 11.6 Å². The molecule has 22 heavy (non-hydrogen) atoms. The lowest BCUT2D eigenvalue weighted by atomic mass is 10.2. The summed E-state index contributed by atoms with van der Waals surface area (Å²) in [7, 11) is 0. The topological polar surface area (TPSA) is 81.5 Å². The van der Waals surface area contributed by atoms with Crippen molar-refractivity contribution in [2.45, 2.75) is 13.0 Å². The van der Waals surface area contributed by atoms with Crippen molar-refractivity contribution < 1.29 is 14.5 Å². The molecule has 0 bridgehead atoms. The van der Waals surface area contributed by atoms with Crippen molar-refractivity contribution in [3.05, 3.63) is 63.7 Å². The molecule has 1 atom stereocenters. The number of hydrogen-bond donors (Lipinski definition) is 1. The van der Waals surface area contributed by atoms with E-state index in [9.17, 15) is 14.9 Å². The average molecular weight is 321 g/mol. The van der Waals surface area contributed by atoms with Crippen LogP contribution < -0.4 is 10.1 Å². The molecule has 2 aromatic rings. The van der Waals surface area contributed by atoms with Crippen LogP contribution in [0.25, 0.3) is 0 Å². The van der Waals surface area contributed by atoms with Crippen LogP contribution in [-0.4, -0.2) is 16.9 Å². The van der Waals surface area contributed by atoms with Gasteiger partial charge in [0.1, 0.15) is 5.75 Å². The van der Waals surface area contributed by atoms with Crippen molar-refractivity contribution in [1.29, 1.82) is 0 Å². The maximum atomic E-state index is 12.1. The first kappa shape index (κ1) is 15.8. The molecular weight excluding hydrogens is 308 g/mol. The van der Waals surface area contributed by atoms with Gasteiger partial charge in [0.05, 0.1) is 15.6 Å². The van der Waals surface area contributed by atoms with Gasteiger partial charge < -0.3 is 10.1 Å². The van der Waals surface area contributed by atoms with E-state index in [0.717, 1.165) is 0 Å². The molecule has 7 heteroatoms. The Balaban J connectivity index is 2.04. The van der Waals surface area contributed by atoms with Crippen LogP contribution in [0.15, 0.2) is 48.5 Å². The summed E-state index contributed by atoms with van der Waals surface area (Å²) in [6.45, 7) is 1.60. The van der Waals surface area contributed by atoms with E-state index in [0.29, 0.717) is 11.4 Å². The third-order valence-electron chi connectivity index (χ3n) is 2.85. The number of rotatable bonds is 5. The standard InChI is InChI=1S/C15H13ClN2O4/c1-10(22-12-5-3-2-4-6-12)15(19)17-14-8-7-11(18(20)21)9-13(14)16/h2-10H,1H3,(H,17,19)/t10-/m1/s1. The molecule has 0 saturated carbocycles. The quantitative estimate of drug-likeness (QED) is 0.673. The summed E-state index contributed by atoms with van der Waals surface area (Å²) in [5.41, 5.74) is 0.150. The van der Waals surface area contributed by atoms with Crippen LogP contribution in [0.1, 0.15) is 6.92 Å². The highest BCUT2D eigenvalue weighted by Crippen LogP contribution is 2.26. The first-order chi connectivity index (χ1) is 10.5. The molecule has 0 unspecified atom stereocenters. The van der Waals surface area contributed by atoms with Gasteiger partial charge in [0.2, 0.25) is 0 Å². The lowest BCUT2D eigenvalue weighted by Crippen LogP contribution is -2.30. The number of halogens is 1. The van der Waals surface area contributed by atoms with E-state index in [2.05, 4.69) is 5.32 Å². The Kier molecular flexibility index (Phi) is 4.95. The summed E-state index contributed by atoms with van der Waals surface area (Å²) >= 11 is 5.92. The maximum absolute atomic E-state index is 12.1. The van der Waals surface area contributed by atoms with Gasteiger partial charge in [-0.2, -0.15) is 0 Å². The summed E-state index contributed by atoms with van der Waals surface area (Å²) in [5.74, 6) is 0.166. The van der Waals surface area contributed by atoms with E-state index in [1.54, 1.807) is 31.2 Å².